The SMILES string of the molecule is O=S(=O)(Nc1cnn(COc2ccc(F)cc2Cl)c1)c1cc(Cl)ccc1Cl. The molecule has 0 aliphatic carbocycles. The maximum atomic E-state index is 13.0. The molecule has 11 heteroatoms. The molecule has 0 fully saturated rings. The van der Waals surface area contributed by atoms with Crippen molar-refractivity contribution in [3.05, 3.63) is 69.7 Å². The molecule has 27 heavy (non-hydrogen) atoms. The van der Waals surface area contributed by atoms with Crippen molar-refractivity contribution in [3.8, 4) is 5.75 Å². The van der Waals surface area contributed by atoms with Crippen LogP contribution in [0.1, 0.15) is 0 Å². The molecular weight excluding hydrogens is 440 g/mol. The van der Waals surface area contributed by atoms with Gasteiger partial charge in [-0.1, -0.05) is 34.8 Å². The smallest absolute Gasteiger partial charge is 0.263 e. The minimum absolute atomic E-state index is 0.0357. The lowest BCUT2D eigenvalue weighted by atomic mass is 10.3. The predicted octanol–water partition coefficient (Wildman–Crippen LogP) is 4.82. The van der Waals surface area contributed by atoms with Gasteiger partial charge in [-0.3, -0.25) is 4.72 Å². The first-order valence-electron chi connectivity index (χ1n) is 7.33. The fraction of sp³-hybridized carbons (Fsp3) is 0.0625. The summed E-state index contributed by atoms with van der Waals surface area (Å²) in [4.78, 5) is -0.154. The fourth-order valence-corrected chi connectivity index (χ4v) is 4.12. The van der Waals surface area contributed by atoms with E-state index in [1.54, 1.807) is 0 Å². The second-order valence-corrected chi connectivity index (χ2v) is 8.20. The molecule has 0 saturated carbocycles. The lowest BCUT2D eigenvalue weighted by molar-refractivity contribution is 0.221. The van der Waals surface area contributed by atoms with Gasteiger partial charge in [0.1, 0.15) is 16.5 Å². The normalized spacial score (nSPS) is 11.4. The third-order valence-electron chi connectivity index (χ3n) is 3.31. The summed E-state index contributed by atoms with van der Waals surface area (Å²) in [7, 11) is -3.96. The Kier molecular flexibility index (Phi) is 5.81. The zero-order valence-corrected chi connectivity index (χ0v) is 16.4. The highest BCUT2D eigenvalue weighted by Gasteiger charge is 2.19. The summed E-state index contributed by atoms with van der Waals surface area (Å²) in [6, 6.07) is 7.83. The fourth-order valence-electron chi connectivity index (χ4n) is 2.11. The zero-order valence-electron chi connectivity index (χ0n) is 13.4. The van der Waals surface area contributed by atoms with E-state index in [1.807, 2.05) is 0 Å². The molecule has 3 rings (SSSR count). The Labute approximate surface area is 169 Å². The monoisotopic (exact) mass is 449 g/mol. The summed E-state index contributed by atoms with van der Waals surface area (Å²) < 4.78 is 47.1. The number of ether oxygens (including phenoxy) is 1. The Morgan fingerprint density at radius 1 is 1.11 bits per heavy atom. The standard InChI is InChI=1S/C16H11Cl3FN3O3S/c17-10-1-3-13(18)16(5-10)27(24,25)22-12-7-21-23(8-12)9-26-15-4-2-11(20)6-14(15)19/h1-8,22H,9H2. The largest absolute Gasteiger partial charge is 0.470 e. The van der Waals surface area contributed by atoms with Crippen molar-refractivity contribution >= 4 is 50.5 Å². The van der Waals surface area contributed by atoms with Crippen LogP contribution in [-0.4, -0.2) is 18.2 Å². The van der Waals surface area contributed by atoms with Gasteiger partial charge < -0.3 is 4.74 Å². The molecule has 142 valence electrons. The molecule has 3 aromatic rings. The molecular formula is C16H11Cl3FN3O3S. The van der Waals surface area contributed by atoms with Gasteiger partial charge in [0.2, 0.25) is 0 Å². The third kappa shape index (κ3) is 4.84. The molecule has 6 nitrogen and oxygen atoms in total. The zero-order chi connectivity index (χ0) is 19.6. The molecule has 0 aliphatic heterocycles. The van der Waals surface area contributed by atoms with E-state index < -0.39 is 15.8 Å². The van der Waals surface area contributed by atoms with Crippen LogP contribution in [-0.2, 0) is 16.8 Å². The van der Waals surface area contributed by atoms with E-state index in [-0.39, 0.29) is 38.1 Å². The summed E-state index contributed by atoms with van der Waals surface area (Å²) in [5.74, 6) is -0.218. The second kappa shape index (κ2) is 7.93. The Balaban J connectivity index is 1.71. The number of nitrogens with one attached hydrogen (secondary N) is 1. The summed E-state index contributed by atoms with van der Waals surface area (Å²) in [6.45, 7) is -0.0645. The van der Waals surface area contributed by atoms with Crippen LogP contribution in [0, 0.1) is 5.82 Å². The van der Waals surface area contributed by atoms with E-state index >= 15 is 0 Å². The summed E-state index contributed by atoms with van der Waals surface area (Å²) in [5, 5.41) is 4.37. The quantitative estimate of drug-likeness (QED) is 0.584. The molecule has 0 atom stereocenters. The van der Waals surface area contributed by atoms with E-state index in [2.05, 4.69) is 9.82 Å². The molecule has 0 unspecified atom stereocenters. The van der Waals surface area contributed by atoms with Gasteiger partial charge in [0.05, 0.1) is 28.1 Å². The number of sulfonamides is 1. The van der Waals surface area contributed by atoms with E-state index in [0.717, 1.165) is 6.07 Å². The van der Waals surface area contributed by atoms with Crippen LogP contribution >= 0.6 is 34.8 Å². The van der Waals surface area contributed by atoms with E-state index in [9.17, 15) is 12.8 Å². The van der Waals surface area contributed by atoms with Crippen LogP contribution in [0.4, 0.5) is 10.1 Å². The van der Waals surface area contributed by atoms with Gasteiger partial charge in [0, 0.05) is 5.02 Å². The number of aromatic nitrogens is 2. The van der Waals surface area contributed by atoms with Crippen molar-refractivity contribution in [3.63, 3.8) is 0 Å². The van der Waals surface area contributed by atoms with Gasteiger partial charge >= 0.3 is 0 Å². The minimum atomic E-state index is -3.96. The number of hydrogen-bond donors (Lipinski definition) is 1. The molecule has 1 heterocycles. The number of halogens is 4. The first-order valence-corrected chi connectivity index (χ1v) is 9.94. The Morgan fingerprint density at radius 3 is 2.63 bits per heavy atom. The van der Waals surface area contributed by atoms with Gasteiger partial charge in [0.15, 0.2) is 6.73 Å². The van der Waals surface area contributed by atoms with Crippen LogP contribution in [0.15, 0.2) is 53.7 Å². The summed E-state index contributed by atoms with van der Waals surface area (Å²) >= 11 is 17.6. The Hall–Kier alpha value is -2.00. The number of hydrogen-bond acceptors (Lipinski definition) is 4. The van der Waals surface area contributed by atoms with Gasteiger partial charge in [-0.05, 0) is 36.4 Å². The van der Waals surface area contributed by atoms with Crippen molar-refractivity contribution < 1.29 is 17.5 Å². The molecule has 0 saturated heterocycles. The van der Waals surface area contributed by atoms with Crippen LogP contribution in [0.25, 0.3) is 0 Å². The van der Waals surface area contributed by atoms with Gasteiger partial charge in [-0.25, -0.2) is 17.5 Å². The lowest BCUT2D eigenvalue weighted by Crippen LogP contribution is -2.13. The van der Waals surface area contributed by atoms with Crippen molar-refractivity contribution in [2.75, 3.05) is 4.72 Å². The molecule has 1 aromatic heterocycles. The first kappa shape index (κ1) is 19.8. The molecule has 0 bridgehead atoms. The molecule has 0 aliphatic rings. The second-order valence-electron chi connectivity index (χ2n) is 5.30. The van der Waals surface area contributed by atoms with Gasteiger partial charge in [0.25, 0.3) is 10.0 Å². The highest BCUT2D eigenvalue weighted by Crippen LogP contribution is 2.27. The van der Waals surface area contributed by atoms with Gasteiger partial charge in [-0.2, -0.15) is 5.10 Å². The molecule has 0 amide bonds. The molecule has 0 spiro atoms. The van der Waals surface area contributed by atoms with E-state index in [4.69, 9.17) is 39.5 Å². The molecule has 2 aromatic carbocycles. The van der Waals surface area contributed by atoms with E-state index in [0.29, 0.717) is 0 Å². The molecule has 1 N–H and O–H groups in total. The first-order chi connectivity index (χ1) is 12.7. The average Bonchev–Trinajstić information content (AvgIpc) is 3.03. The van der Waals surface area contributed by atoms with Crippen molar-refractivity contribution in [1.29, 1.82) is 0 Å². The number of benzene rings is 2. The summed E-state index contributed by atoms with van der Waals surface area (Å²) in [6.07, 6.45) is 2.71. The van der Waals surface area contributed by atoms with Gasteiger partial charge in [-0.15, -0.1) is 0 Å². The highest BCUT2D eigenvalue weighted by atomic mass is 35.5. The number of anilines is 1. The maximum absolute atomic E-state index is 13.0. The van der Waals surface area contributed by atoms with Crippen LogP contribution in [0.3, 0.4) is 0 Å². The average molecular weight is 451 g/mol. The van der Waals surface area contributed by atoms with Crippen molar-refractivity contribution in [2.24, 2.45) is 0 Å². The molecule has 0 radical (unpaired) electrons. The predicted molar refractivity (Wildman–Crippen MR) is 102 cm³/mol. The highest BCUT2D eigenvalue weighted by molar-refractivity contribution is 7.92. The summed E-state index contributed by atoms with van der Waals surface area (Å²) in [5.41, 5.74) is 0.194. The minimum Gasteiger partial charge on any atom is -0.470 e. The Morgan fingerprint density at radius 2 is 1.89 bits per heavy atom. The number of nitrogens with zero attached hydrogens (tertiary/aromatic N) is 2. The Bertz CT molecular complexity index is 1090. The number of rotatable bonds is 6. The third-order valence-corrected chi connectivity index (χ3v) is 5.71. The van der Waals surface area contributed by atoms with Crippen molar-refractivity contribution in [2.45, 2.75) is 11.6 Å². The topological polar surface area (TPSA) is 73.2 Å². The van der Waals surface area contributed by atoms with Crippen LogP contribution in [0.5, 0.6) is 5.75 Å². The van der Waals surface area contributed by atoms with Crippen molar-refractivity contribution in [1.82, 2.24) is 9.78 Å². The van der Waals surface area contributed by atoms with Crippen LogP contribution < -0.4 is 9.46 Å². The van der Waals surface area contributed by atoms with Crippen LogP contribution in [0.2, 0.25) is 15.1 Å². The van der Waals surface area contributed by atoms with E-state index in [1.165, 1.54) is 47.4 Å². The maximum Gasteiger partial charge on any atom is 0.263 e. The lowest BCUT2D eigenvalue weighted by Gasteiger charge is -2.09.